The van der Waals surface area contributed by atoms with Crippen molar-refractivity contribution in [2.45, 2.75) is 13.3 Å². The minimum absolute atomic E-state index is 0.123. The molecular formula is C25H26BrFN4O3. The number of aromatic nitrogens is 2. The smallest absolute Gasteiger partial charge is 0.195 e. The first-order valence-electron chi connectivity index (χ1n) is 11.2. The number of hydrogen-bond donors (Lipinski definition) is 1. The topological polar surface area (TPSA) is 76.6 Å². The molecular weight excluding hydrogens is 503 g/mol. The summed E-state index contributed by atoms with van der Waals surface area (Å²) >= 11 is 3.47. The number of fused-ring (bicyclic) bond motifs is 1. The number of Topliss-reactive ketones (excluding diaryl/α,β-unsaturated/α-hetero) is 1. The van der Waals surface area contributed by atoms with Crippen LogP contribution in [0.3, 0.4) is 0 Å². The molecule has 178 valence electrons. The van der Waals surface area contributed by atoms with E-state index in [0.717, 1.165) is 23.2 Å². The number of morpholine rings is 1. The van der Waals surface area contributed by atoms with Gasteiger partial charge in [0.25, 0.3) is 0 Å². The number of nitrogens with zero attached hydrogens (tertiary/aromatic N) is 3. The fraction of sp³-hybridized carbons (Fsp3) is 0.320. The molecule has 0 radical (unpaired) electrons. The molecule has 2 aromatic carbocycles. The van der Waals surface area contributed by atoms with E-state index in [4.69, 9.17) is 9.47 Å². The van der Waals surface area contributed by atoms with Crippen LogP contribution < -0.4 is 10.1 Å². The van der Waals surface area contributed by atoms with E-state index < -0.39 is 11.6 Å². The summed E-state index contributed by atoms with van der Waals surface area (Å²) in [4.78, 5) is 23.5. The predicted molar refractivity (Wildman–Crippen MR) is 133 cm³/mol. The average Bonchev–Trinajstić information content (AvgIpc) is 2.84. The quantitative estimate of drug-likeness (QED) is 0.398. The lowest BCUT2D eigenvalue weighted by atomic mass is 10.0. The van der Waals surface area contributed by atoms with E-state index in [1.54, 1.807) is 12.1 Å². The SMILES string of the molecule is CCOc1cc2ncnc(Nc3cccc(Br)c3)c2cc1CC(=O)C(F)=CCN1CCOCC1. The fourth-order valence-corrected chi connectivity index (χ4v) is 4.12. The molecule has 0 bridgehead atoms. The Bertz CT molecular complexity index is 1200. The zero-order chi connectivity index (χ0) is 23.9. The van der Waals surface area contributed by atoms with Gasteiger partial charge >= 0.3 is 0 Å². The zero-order valence-corrected chi connectivity index (χ0v) is 20.5. The van der Waals surface area contributed by atoms with Gasteiger partial charge in [-0.05, 0) is 37.3 Å². The molecule has 0 spiro atoms. The highest BCUT2D eigenvalue weighted by Crippen LogP contribution is 2.31. The Morgan fingerprint density at radius 1 is 1.26 bits per heavy atom. The molecule has 1 fully saturated rings. The van der Waals surface area contributed by atoms with Crippen LogP contribution in [0.5, 0.6) is 5.75 Å². The molecule has 1 aliphatic heterocycles. The van der Waals surface area contributed by atoms with Crippen molar-refractivity contribution in [2.75, 3.05) is 44.8 Å². The maximum atomic E-state index is 14.6. The first kappa shape index (κ1) is 24.3. The van der Waals surface area contributed by atoms with Crippen LogP contribution in [-0.4, -0.2) is 60.1 Å². The Morgan fingerprint density at radius 2 is 2.09 bits per heavy atom. The molecule has 1 N–H and O–H groups in total. The molecule has 3 aromatic rings. The Morgan fingerprint density at radius 3 is 2.85 bits per heavy atom. The third-order valence-electron chi connectivity index (χ3n) is 5.45. The van der Waals surface area contributed by atoms with Crippen LogP contribution in [0.25, 0.3) is 10.9 Å². The van der Waals surface area contributed by atoms with E-state index in [-0.39, 0.29) is 6.42 Å². The van der Waals surface area contributed by atoms with Crippen LogP contribution in [-0.2, 0) is 16.0 Å². The maximum absolute atomic E-state index is 14.6. The van der Waals surface area contributed by atoms with Gasteiger partial charge in [0.1, 0.15) is 17.9 Å². The number of ether oxygens (including phenoxy) is 2. The first-order chi connectivity index (χ1) is 16.5. The number of ketones is 1. The number of benzene rings is 2. The van der Waals surface area contributed by atoms with Crippen LogP contribution in [0, 0.1) is 0 Å². The molecule has 0 amide bonds. The third kappa shape index (κ3) is 6.16. The largest absolute Gasteiger partial charge is 0.494 e. The van der Waals surface area contributed by atoms with Crippen LogP contribution in [0.1, 0.15) is 12.5 Å². The first-order valence-corrected chi connectivity index (χ1v) is 11.9. The highest BCUT2D eigenvalue weighted by molar-refractivity contribution is 9.10. The van der Waals surface area contributed by atoms with E-state index in [1.807, 2.05) is 31.2 Å². The molecule has 0 saturated carbocycles. The van der Waals surface area contributed by atoms with Gasteiger partial charge in [0.15, 0.2) is 11.6 Å². The number of carbonyl (C=O) groups excluding carboxylic acids is 1. The lowest BCUT2D eigenvalue weighted by molar-refractivity contribution is -0.116. The van der Waals surface area contributed by atoms with Crippen molar-refractivity contribution in [3.63, 3.8) is 0 Å². The molecule has 34 heavy (non-hydrogen) atoms. The highest BCUT2D eigenvalue weighted by atomic mass is 79.9. The number of anilines is 2. The van der Waals surface area contributed by atoms with Gasteiger partial charge in [-0.2, -0.15) is 0 Å². The molecule has 0 atom stereocenters. The molecule has 1 saturated heterocycles. The molecule has 0 unspecified atom stereocenters. The van der Waals surface area contributed by atoms with Crippen LogP contribution in [0.2, 0.25) is 0 Å². The van der Waals surface area contributed by atoms with Crippen molar-refractivity contribution in [3.8, 4) is 5.75 Å². The Hall–Kier alpha value is -2.88. The van der Waals surface area contributed by atoms with Gasteiger partial charge in [0.05, 0.1) is 25.3 Å². The van der Waals surface area contributed by atoms with Gasteiger partial charge in [0.2, 0.25) is 0 Å². The molecule has 2 heterocycles. The van der Waals surface area contributed by atoms with Gasteiger partial charge in [-0.15, -0.1) is 0 Å². The standard InChI is InChI=1S/C25H26BrFN4O3/c1-2-34-24-15-22-20(25(29-16-28-22)30-19-5-3-4-18(26)14-19)12-17(24)13-23(32)21(27)6-7-31-8-10-33-11-9-31/h3-6,12,14-16H,2,7-11,13H2,1H3,(H,28,29,30). The third-order valence-corrected chi connectivity index (χ3v) is 5.95. The number of allylic oxidation sites excluding steroid dienone is 1. The molecule has 4 rings (SSSR count). The average molecular weight is 529 g/mol. The summed E-state index contributed by atoms with van der Waals surface area (Å²) in [7, 11) is 0. The predicted octanol–water partition coefficient (Wildman–Crippen LogP) is 4.83. The number of carbonyl (C=O) groups is 1. The second kappa shape index (κ2) is 11.5. The highest BCUT2D eigenvalue weighted by Gasteiger charge is 2.17. The van der Waals surface area contributed by atoms with E-state index in [9.17, 15) is 9.18 Å². The second-order valence-electron chi connectivity index (χ2n) is 7.83. The summed E-state index contributed by atoms with van der Waals surface area (Å²) in [6.07, 6.45) is 2.69. The van der Waals surface area contributed by atoms with E-state index in [0.29, 0.717) is 54.4 Å². The summed E-state index contributed by atoms with van der Waals surface area (Å²) < 4.78 is 26.6. The van der Waals surface area contributed by atoms with Gasteiger partial charge < -0.3 is 14.8 Å². The summed E-state index contributed by atoms with van der Waals surface area (Å²) in [6, 6.07) is 11.3. The fourth-order valence-electron chi connectivity index (χ4n) is 3.72. The normalized spacial score (nSPS) is 14.9. The van der Waals surface area contributed by atoms with Crippen LogP contribution in [0.15, 0.2) is 59.1 Å². The molecule has 7 nitrogen and oxygen atoms in total. The number of nitrogens with one attached hydrogen (secondary N) is 1. The summed E-state index contributed by atoms with van der Waals surface area (Å²) in [5, 5.41) is 4.01. The minimum atomic E-state index is -0.745. The minimum Gasteiger partial charge on any atom is -0.494 e. The summed E-state index contributed by atoms with van der Waals surface area (Å²) in [5.41, 5.74) is 2.09. The number of rotatable bonds is 9. The summed E-state index contributed by atoms with van der Waals surface area (Å²) in [5.74, 6) is -0.239. The molecule has 1 aliphatic rings. The number of halogens is 2. The van der Waals surface area contributed by atoms with Crippen molar-refractivity contribution in [3.05, 3.63) is 64.7 Å². The second-order valence-corrected chi connectivity index (χ2v) is 8.75. The zero-order valence-electron chi connectivity index (χ0n) is 18.9. The van der Waals surface area contributed by atoms with Crippen molar-refractivity contribution in [2.24, 2.45) is 0 Å². The Kier molecular flexibility index (Phi) is 8.21. The molecule has 0 aliphatic carbocycles. The maximum Gasteiger partial charge on any atom is 0.195 e. The van der Waals surface area contributed by atoms with Gasteiger partial charge in [-0.1, -0.05) is 22.0 Å². The van der Waals surface area contributed by atoms with E-state index in [2.05, 4.69) is 36.1 Å². The van der Waals surface area contributed by atoms with Crippen LogP contribution in [0.4, 0.5) is 15.9 Å². The van der Waals surface area contributed by atoms with E-state index >= 15 is 0 Å². The van der Waals surface area contributed by atoms with Crippen molar-refractivity contribution in [1.29, 1.82) is 0 Å². The van der Waals surface area contributed by atoms with Crippen molar-refractivity contribution < 1.29 is 18.7 Å². The lowest BCUT2D eigenvalue weighted by Gasteiger charge is -2.25. The van der Waals surface area contributed by atoms with Gasteiger partial charge in [-0.25, -0.2) is 14.4 Å². The summed E-state index contributed by atoms with van der Waals surface area (Å²) in [6.45, 7) is 5.35. The van der Waals surface area contributed by atoms with E-state index in [1.165, 1.54) is 12.4 Å². The van der Waals surface area contributed by atoms with Gasteiger partial charge in [-0.3, -0.25) is 9.69 Å². The van der Waals surface area contributed by atoms with Crippen molar-refractivity contribution >= 4 is 44.1 Å². The lowest BCUT2D eigenvalue weighted by Crippen LogP contribution is -2.36. The van der Waals surface area contributed by atoms with Crippen LogP contribution >= 0.6 is 15.9 Å². The Balaban J connectivity index is 1.59. The Labute approximate surface area is 206 Å². The van der Waals surface area contributed by atoms with Crippen molar-refractivity contribution in [1.82, 2.24) is 14.9 Å². The van der Waals surface area contributed by atoms with Gasteiger partial charge in [0, 0.05) is 53.2 Å². The molecule has 9 heteroatoms. The number of hydrogen-bond acceptors (Lipinski definition) is 7. The molecule has 1 aromatic heterocycles. The monoisotopic (exact) mass is 528 g/mol.